The Labute approximate surface area is 159 Å². The molecule has 0 saturated heterocycles. The van der Waals surface area contributed by atoms with Crippen LogP contribution in [-0.2, 0) is 11.3 Å². The monoisotopic (exact) mass is 392 g/mol. The summed E-state index contributed by atoms with van der Waals surface area (Å²) < 4.78 is 6.80. The number of hydrogen-bond donors (Lipinski definition) is 0. The van der Waals surface area contributed by atoms with Gasteiger partial charge >= 0.3 is 5.97 Å². The molecule has 1 aromatic heterocycles. The van der Waals surface area contributed by atoms with Crippen molar-refractivity contribution in [3.8, 4) is 0 Å². The van der Waals surface area contributed by atoms with E-state index < -0.39 is 10.9 Å². The molecule has 8 heteroatoms. The average Bonchev–Trinajstić information content (AvgIpc) is 2.96. The van der Waals surface area contributed by atoms with Gasteiger partial charge in [0.2, 0.25) is 0 Å². The van der Waals surface area contributed by atoms with Crippen molar-refractivity contribution < 1.29 is 14.5 Å². The molecule has 0 aliphatic carbocycles. The number of carbonyl (C=O) groups is 1. The van der Waals surface area contributed by atoms with E-state index in [1.165, 1.54) is 12.1 Å². The third-order valence-electron chi connectivity index (χ3n) is 3.91. The smallest absolute Gasteiger partial charge is 0.354 e. The summed E-state index contributed by atoms with van der Waals surface area (Å²) in [6.45, 7) is 2.23. The molecule has 0 spiro atoms. The van der Waals surface area contributed by atoms with Crippen LogP contribution < -0.4 is 0 Å². The van der Waals surface area contributed by atoms with Crippen molar-refractivity contribution in [2.24, 2.45) is 0 Å². The van der Waals surface area contributed by atoms with Gasteiger partial charge in [0.05, 0.1) is 27.1 Å². The molecule has 0 aliphatic rings. The van der Waals surface area contributed by atoms with E-state index in [9.17, 15) is 14.9 Å². The zero-order valence-corrected chi connectivity index (χ0v) is 15.3. The molecule has 134 valence electrons. The number of nitrogens with zero attached hydrogens (tertiary/aromatic N) is 2. The number of hydrogen-bond acceptors (Lipinski definition) is 4. The quantitative estimate of drug-likeness (QED) is 0.344. The fourth-order valence-electron chi connectivity index (χ4n) is 2.72. The maximum atomic E-state index is 12.3. The van der Waals surface area contributed by atoms with E-state index in [-0.39, 0.29) is 18.8 Å². The van der Waals surface area contributed by atoms with E-state index in [0.717, 1.165) is 5.56 Å². The van der Waals surface area contributed by atoms with Gasteiger partial charge in [-0.15, -0.1) is 0 Å². The number of nitro groups is 1. The lowest BCUT2D eigenvalue weighted by Crippen LogP contribution is -2.13. The average molecular weight is 393 g/mol. The highest BCUT2D eigenvalue weighted by Gasteiger charge is 2.19. The molecule has 0 saturated carbocycles. The van der Waals surface area contributed by atoms with Gasteiger partial charge in [-0.2, -0.15) is 0 Å². The van der Waals surface area contributed by atoms with Crippen LogP contribution in [0.4, 0.5) is 5.69 Å². The molecule has 0 amide bonds. The molecule has 0 unspecified atom stereocenters. The fourth-order valence-corrected chi connectivity index (χ4v) is 3.04. The number of carbonyl (C=O) groups excluding carboxylic acids is 1. The molecule has 6 nitrogen and oxygen atoms in total. The Balaban J connectivity index is 2.15. The lowest BCUT2D eigenvalue weighted by atomic mass is 10.2. The van der Waals surface area contributed by atoms with Crippen molar-refractivity contribution in [3.63, 3.8) is 0 Å². The lowest BCUT2D eigenvalue weighted by Gasteiger charge is -2.11. The summed E-state index contributed by atoms with van der Waals surface area (Å²) in [7, 11) is 0. The first-order chi connectivity index (χ1) is 12.4. The van der Waals surface area contributed by atoms with E-state index in [2.05, 4.69) is 0 Å². The molecule has 3 aromatic rings. The number of rotatable bonds is 5. The van der Waals surface area contributed by atoms with Crippen molar-refractivity contribution in [2.45, 2.75) is 13.5 Å². The Morgan fingerprint density at radius 3 is 2.58 bits per heavy atom. The first-order valence-electron chi connectivity index (χ1n) is 7.79. The van der Waals surface area contributed by atoms with Crippen LogP contribution in [0.25, 0.3) is 10.9 Å². The van der Waals surface area contributed by atoms with Gasteiger partial charge in [0.15, 0.2) is 0 Å². The molecular formula is C18H14Cl2N2O4. The topological polar surface area (TPSA) is 74.4 Å². The van der Waals surface area contributed by atoms with Gasteiger partial charge in [-0.05, 0) is 36.8 Å². The highest BCUT2D eigenvalue weighted by atomic mass is 35.5. The first-order valence-corrected chi connectivity index (χ1v) is 8.55. The SMILES string of the molecule is CCOC(=O)c1cc2ccc([N+](=O)[O-])cc2n1Cc1ccc(Cl)c(Cl)c1. The molecule has 26 heavy (non-hydrogen) atoms. The molecule has 2 aromatic carbocycles. The first kappa shape index (κ1) is 18.2. The minimum atomic E-state index is -0.494. The second-order valence-electron chi connectivity index (χ2n) is 5.58. The predicted octanol–water partition coefficient (Wildman–Crippen LogP) is 5.08. The van der Waals surface area contributed by atoms with Crippen LogP contribution in [0.5, 0.6) is 0 Å². The molecule has 1 heterocycles. The second kappa shape index (κ2) is 7.35. The Morgan fingerprint density at radius 2 is 1.92 bits per heavy atom. The van der Waals surface area contributed by atoms with E-state index >= 15 is 0 Å². The van der Waals surface area contributed by atoms with Crippen molar-refractivity contribution in [1.82, 2.24) is 4.57 Å². The van der Waals surface area contributed by atoms with E-state index in [1.807, 2.05) is 0 Å². The van der Waals surface area contributed by atoms with Gasteiger partial charge in [0.25, 0.3) is 5.69 Å². The predicted molar refractivity (Wildman–Crippen MR) is 100 cm³/mol. The standard InChI is InChI=1S/C18H14Cl2N2O4/c1-2-26-18(23)17-8-12-4-5-13(22(24)25)9-16(12)21(17)10-11-3-6-14(19)15(20)7-11/h3-9H,2,10H2,1H3. The molecule has 0 N–H and O–H groups in total. The minimum Gasteiger partial charge on any atom is -0.461 e. The van der Waals surface area contributed by atoms with Crippen LogP contribution in [0, 0.1) is 10.1 Å². The summed E-state index contributed by atoms with van der Waals surface area (Å²) in [5, 5.41) is 12.6. The van der Waals surface area contributed by atoms with Crippen molar-refractivity contribution >= 4 is 45.8 Å². The number of aromatic nitrogens is 1. The third kappa shape index (κ3) is 3.52. The highest BCUT2D eigenvalue weighted by molar-refractivity contribution is 6.42. The summed E-state index contributed by atoms with van der Waals surface area (Å²) in [5.41, 5.74) is 1.62. The zero-order valence-electron chi connectivity index (χ0n) is 13.7. The highest BCUT2D eigenvalue weighted by Crippen LogP contribution is 2.28. The summed E-state index contributed by atoms with van der Waals surface area (Å²) in [4.78, 5) is 23.0. The number of non-ortho nitro benzene ring substituents is 1. The Bertz CT molecular complexity index is 1010. The summed E-state index contributed by atoms with van der Waals surface area (Å²) in [5.74, 6) is -0.494. The Hall–Kier alpha value is -2.57. The lowest BCUT2D eigenvalue weighted by molar-refractivity contribution is -0.384. The fraction of sp³-hybridized carbons (Fsp3) is 0.167. The van der Waals surface area contributed by atoms with Gasteiger partial charge in [-0.3, -0.25) is 10.1 Å². The normalized spacial score (nSPS) is 10.9. The van der Waals surface area contributed by atoms with Gasteiger partial charge in [0.1, 0.15) is 5.69 Å². The molecule has 0 atom stereocenters. The van der Waals surface area contributed by atoms with Gasteiger partial charge < -0.3 is 9.30 Å². The van der Waals surface area contributed by atoms with Gasteiger partial charge in [-0.1, -0.05) is 29.3 Å². The van der Waals surface area contributed by atoms with Crippen LogP contribution in [0.1, 0.15) is 23.0 Å². The van der Waals surface area contributed by atoms with Crippen molar-refractivity contribution in [1.29, 1.82) is 0 Å². The largest absolute Gasteiger partial charge is 0.461 e. The van der Waals surface area contributed by atoms with Crippen LogP contribution in [0.2, 0.25) is 10.0 Å². The summed E-state index contributed by atoms with van der Waals surface area (Å²) >= 11 is 12.0. The molecular weight excluding hydrogens is 379 g/mol. The van der Waals surface area contributed by atoms with Gasteiger partial charge in [0, 0.05) is 24.1 Å². The van der Waals surface area contributed by atoms with E-state index in [4.69, 9.17) is 27.9 Å². The number of nitro benzene ring substituents is 1. The summed E-state index contributed by atoms with van der Waals surface area (Å²) in [6, 6.07) is 11.3. The van der Waals surface area contributed by atoms with E-state index in [1.54, 1.807) is 41.8 Å². The Kier molecular flexibility index (Phi) is 5.15. The number of fused-ring (bicyclic) bond motifs is 1. The molecule has 0 fully saturated rings. The van der Waals surface area contributed by atoms with Crippen molar-refractivity contribution in [2.75, 3.05) is 6.61 Å². The third-order valence-corrected chi connectivity index (χ3v) is 4.65. The number of halogens is 2. The zero-order chi connectivity index (χ0) is 18.8. The Morgan fingerprint density at radius 1 is 1.15 bits per heavy atom. The number of ether oxygens (including phenoxy) is 1. The number of esters is 1. The molecule has 0 aliphatic heterocycles. The molecule has 0 bridgehead atoms. The minimum absolute atomic E-state index is 0.0543. The van der Waals surface area contributed by atoms with Crippen LogP contribution >= 0.6 is 23.2 Å². The maximum absolute atomic E-state index is 12.3. The molecule has 3 rings (SSSR count). The maximum Gasteiger partial charge on any atom is 0.354 e. The summed E-state index contributed by atoms with van der Waals surface area (Å²) in [6.07, 6.45) is 0. The molecule has 0 radical (unpaired) electrons. The van der Waals surface area contributed by atoms with Crippen molar-refractivity contribution in [3.05, 3.63) is 73.9 Å². The van der Waals surface area contributed by atoms with Gasteiger partial charge in [-0.25, -0.2) is 4.79 Å². The second-order valence-corrected chi connectivity index (χ2v) is 6.40. The van der Waals surface area contributed by atoms with Crippen LogP contribution in [-0.4, -0.2) is 22.1 Å². The number of benzene rings is 2. The van der Waals surface area contributed by atoms with Crippen LogP contribution in [0.15, 0.2) is 42.5 Å². The van der Waals surface area contributed by atoms with Crippen LogP contribution in [0.3, 0.4) is 0 Å². The van der Waals surface area contributed by atoms with E-state index in [0.29, 0.717) is 26.6 Å².